The highest BCUT2D eigenvalue weighted by atomic mass is 32.1. The number of hydrogen-bond acceptors (Lipinski definition) is 5. The van der Waals surface area contributed by atoms with Gasteiger partial charge in [0.05, 0.1) is 0 Å². The van der Waals surface area contributed by atoms with E-state index in [4.69, 9.17) is 19.4 Å². The van der Waals surface area contributed by atoms with Gasteiger partial charge in [0.15, 0.2) is 17.5 Å². The molecule has 0 bridgehead atoms. The third kappa shape index (κ3) is 4.95. The molecule has 3 aromatic heterocycles. The lowest BCUT2D eigenvalue weighted by Gasteiger charge is -2.10. The van der Waals surface area contributed by atoms with Gasteiger partial charge in [0.25, 0.3) is 0 Å². The standard InChI is InChI=1S/C45H27N3OS/c1-2-9-29(10-3-1)43-46-44(48-45(47-43)34-22-23-36-35-13-4-6-15-39(35)49-40(36)26-34)30-19-17-28(18-20-30)31-11-8-12-32(25-31)33-21-24-38-37-14-5-7-16-41(37)50-42(38)27-33/h1-27H. The number of hydrogen-bond donors (Lipinski definition) is 0. The molecule has 10 rings (SSSR count). The van der Waals surface area contributed by atoms with Crippen LogP contribution in [0.15, 0.2) is 168 Å². The minimum atomic E-state index is 0.601. The SMILES string of the molecule is c1ccc(-c2nc(-c3ccc(-c4cccc(-c5ccc6c(c5)sc5ccccc56)c4)cc3)nc(-c3ccc4c(c3)oc3ccccc34)n2)cc1. The monoisotopic (exact) mass is 657 g/mol. The molecule has 10 aromatic rings. The van der Waals surface area contributed by atoms with Gasteiger partial charge in [-0.25, -0.2) is 15.0 Å². The molecule has 0 unspecified atom stereocenters. The summed E-state index contributed by atoms with van der Waals surface area (Å²) >= 11 is 1.85. The van der Waals surface area contributed by atoms with E-state index >= 15 is 0 Å². The van der Waals surface area contributed by atoms with Crippen molar-refractivity contribution in [3.05, 3.63) is 164 Å². The number of aromatic nitrogens is 3. The maximum absolute atomic E-state index is 6.20. The molecule has 0 saturated heterocycles. The molecule has 3 heterocycles. The van der Waals surface area contributed by atoms with Crippen LogP contribution in [0.25, 0.3) is 98.5 Å². The summed E-state index contributed by atoms with van der Waals surface area (Å²) in [6.45, 7) is 0. The van der Waals surface area contributed by atoms with Crippen molar-refractivity contribution < 1.29 is 4.42 Å². The number of furan rings is 1. The van der Waals surface area contributed by atoms with Gasteiger partial charge in [-0.2, -0.15) is 0 Å². The van der Waals surface area contributed by atoms with Crippen LogP contribution in [0.2, 0.25) is 0 Å². The Morgan fingerprint density at radius 3 is 1.66 bits per heavy atom. The van der Waals surface area contributed by atoms with E-state index < -0.39 is 0 Å². The van der Waals surface area contributed by atoms with Crippen molar-refractivity contribution in [1.82, 2.24) is 15.0 Å². The van der Waals surface area contributed by atoms with Crippen molar-refractivity contribution >= 4 is 53.4 Å². The van der Waals surface area contributed by atoms with E-state index in [1.54, 1.807) is 0 Å². The molecule has 234 valence electrons. The van der Waals surface area contributed by atoms with Crippen LogP contribution >= 0.6 is 11.3 Å². The highest BCUT2D eigenvalue weighted by molar-refractivity contribution is 7.25. The summed E-state index contributed by atoms with van der Waals surface area (Å²) in [5.74, 6) is 1.85. The van der Waals surface area contributed by atoms with Gasteiger partial charge in [-0.3, -0.25) is 0 Å². The molecule has 0 atom stereocenters. The van der Waals surface area contributed by atoms with Gasteiger partial charge in [-0.05, 0) is 58.7 Å². The average molecular weight is 658 g/mol. The molecule has 0 saturated carbocycles. The molecule has 0 spiro atoms. The van der Waals surface area contributed by atoms with E-state index in [0.717, 1.165) is 49.8 Å². The Bertz CT molecular complexity index is 2870. The van der Waals surface area contributed by atoms with Crippen LogP contribution in [0.1, 0.15) is 0 Å². The highest BCUT2D eigenvalue weighted by Gasteiger charge is 2.15. The second-order valence-electron chi connectivity index (χ2n) is 12.4. The molecule has 0 radical (unpaired) electrons. The molecule has 0 aliphatic rings. The van der Waals surface area contributed by atoms with Crippen LogP contribution in [0.5, 0.6) is 0 Å². The first-order chi connectivity index (χ1) is 24.7. The van der Waals surface area contributed by atoms with Gasteiger partial charge in [0.1, 0.15) is 11.2 Å². The predicted molar refractivity (Wildman–Crippen MR) is 207 cm³/mol. The second-order valence-corrected chi connectivity index (χ2v) is 13.5. The Labute approximate surface area is 292 Å². The zero-order chi connectivity index (χ0) is 33.0. The highest BCUT2D eigenvalue weighted by Crippen LogP contribution is 2.37. The molecule has 50 heavy (non-hydrogen) atoms. The van der Waals surface area contributed by atoms with Crippen LogP contribution in [-0.4, -0.2) is 15.0 Å². The van der Waals surface area contributed by atoms with E-state index in [-0.39, 0.29) is 0 Å². The summed E-state index contributed by atoms with van der Waals surface area (Å²) in [4.78, 5) is 14.9. The van der Waals surface area contributed by atoms with Crippen LogP contribution in [0.4, 0.5) is 0 Å². The second kappa shape index (κ2) is 11.6. The van der Waals surface area contributed by atoms with Gasteiger partial charge in [-0.15, -0.1) is 11.3 Å². The summed E-state index contributed by atoms with van der Waals surface area (Å²) in [6.07, 6.45) is 0. The fraction of sp³-hybridized carbons (Fsp3) is 0. The van der Waals surface area contributed by atoms with Crippen LogP contribution in [-0.2, 0) is 0 Å². The lowest BCUT2D eigenvalue weighted by Crippen LogP contribution is -2.00. The Balaban J connectivity index is 1.01. The van der Waals surface area contributed by atoms with Crippen LogP contribution in [0.3, 0.4) is 0 Å². The number of rotatable bonds is 5. The molecule has 0 aliphatic carbocycles. The fourth-order valence-electron chi connectivity index (χ4n) is 6.81. The maximum atomic E-state index is 6.20. The topological polar surface area (TPSA) is 51.8 Å². The predicted octanol–water partition coefficient (Wildman–Crippen LogP) is 12.5. The van der Waals surface area contributed by atoms with E-state index in [1.165, 1.54) is 31.3 Å². The summed E-state index contributed by atoms with van der Waals surface area (Å²) in [6, 6.07) is 57.0. The minimum Gasteiger partial charge on any atom is -0.456 e. The third-order valence-electron chi connectivity index (χ3n) is 9.36. The Hall–Kier alpha value is -6.43. The number of benzene rings is 7. The number of nitrogens with zero attached hydrogens (tertiary/aromatic N) is 3. The zero-order valence-electron chi connectivity index (χ0n) is 26.7. The fourth-order valence-corrected chi connectivity index (χ4v) is 7.96. The average Bonchev–Trinajstić information content (AvgIpc) is 3.76. The number of para-hydroxylation sites is 1. The third-order valence-corrected chi connectivity index (χ3v) is 10.5. The van der Waals surface area contributed by atoms with Gasteiger partial charge >= 0.3 is 0 Å². The first kappa shape index (κ1) is 28.6. The summed E-state index contributed by atoms with van der Waals surface area (Å²) in [5, 5.41) is 4.80. The lowest BCUT2D eigenvalue weighted by molar-refractivity contribution is 0.669. The summed E-state index contributed by atoms with van der Waals surface area (Å²) < 4.78 is 8.83. The first-order valence-electron chi connectivity index (χ1n) is 16.6. The van der Waals surface area contributed by atoms with Crippen molar-refractivity contribution in [2.75, 3.05) is 0 Å². The van der Waals surface area contributed by atoms with Crippen molar-refractivity contribution in [2.24, 2.45) is 0 Å². The van der Waals surface area contributed by atoms with Gasteiger partial charge in [-0.1, -0.05) is 127 Å². The zero-order valence-corrected chi connectivity index (χ0v) is 27.6. The molecule has 5 heteroatoms. The van der Waals surface area contributed by atoms with Gasteiger partial charge in [0.2, 0.25) is 0 Å². The summed E-state index contributed by atoms with van der Waals surface area (Å²) in [7, 11) is 0. The molecule has 0 fully saturated rings. The van der Waals surface area contributed by atoms with Crippen molar-refractivity contribution in [1.29, 1.82) is 0 Å². The first-order valence-corrected chi connectivity index (χ1v) is 17.4. The molecule has 0 amide bonds. The number of fused-ring (bicyclic) bond motifs is 6. The summed E-state index contributed by atoms with van der Waals surface area (Å²) in [5.41, 5.74) is 9.11. The van der Waals surface area contributed by atoms with Gasteiger partial charge in [0, 0.05) is 47.6 Å². The van der Waals surface area contributed by atoms with Crippen LogP contribution in [0, 0.1) is 0 Å². The Morgan fingerprint density at radius 2 is 0.840 bits per heavy atom. The van der Waals surface area contributed by atoms with Crippen LogP contribution < -0.4 is 0 Å². The smallest absolute Gasteiger partial charge is 0.164 e. The molecular weight excluding hydrogens is 631 g/mol. The van der Waals surface area contributed by atoms with Gasteiger partial charge < -0.3 is 4.42 Å². The quantitative estimate of drug-likeness (QED) is 0.185. The number of thiophene rings is 1. The van der Waals surface area contributed by atoms with Crippen molar-refractivity contribution in [2.45, 2.75) is 0 Å². The molecular formula is C45H27N3OS. The normalized spacial score (nSPS) is 11.6. The Morgan fingerprint density at radius 1 is 0.320 bits per heavy atom. The van der Waals surface area contributed by atoms with Crippen molar-refractivity contribution in [3.63, 3.8) is 0 Å². The van der Waals surface area contributed by atoms with E-state index in [1.807, 2.05) is 65.9 Å². The van der Waals surface area contributed by atoms with E-state index in [9.17, 15) is 0 Å². The molecule has 4 nitrogen and oxygen atoms in total. The van der Waals surface area contributed by atoms with Crippen molar-refractivity contribution in [3.8, 4) is 56.4 Å². The Kier molecular flexibility index (Phi) is 6.64. The molecule has 0 N–H and O–H groups in total. The van der Waals surface area contributed by atoms with E-state index in [2.05, 4.69) is 109 Å². The van der Waals surface area contributed by atoms with E-state index in [0.29, 0.717) is 17.5 Å². The molecule has 7 aromatic carbocycles. The maximum Gasteiger partial charge on any atom is 0.164 e. The largest absolute Gasteiger partial charge is 0.456 e. The minimum absolute atomic E-state index is 0.601. The molecule has 0 aliphatic heterocycles. The lowest BCUT2D eigenvalue weighted by atomic mass is 9.98.